The number of ether oxygens (including phenoxy) is 1. The van der Waals surface area contributed by atoms with Gasteiger partial charge in [0.2, 0.25) is 0 Å². The van der Waals surface area contributed by atoms with Crippen LogP contribution in [0.2, 0.25) is 0 Å². The fourth-order valence-electron chi connectivity index (χ4n) is 2.58. The van der Waals surface area contributed by atoms with Crippen molar-refractivity contribution < 1.29 is 4.74 Å². The van der Waals surface area contributed by atoms with Crippen molar-refractivity contribution in [2.45, 2.75) is 18.9 Å². The van der Waals surface area contributed by atoms with Crippen LogP contribution < -0.4 is 4.74 Å². The van der Waals surface area contributed by atoms with Gasteiger partial charge >= 0.3 is 0 Å². The van der Waals surface area contributed by atoms with Gasteiger partial charge in [0.15, 0.2) is 0 Å². The molecule has 0 amide bonds. The zero-order valence-corrected chi connectivity index (χ0v) is 8.49. The molecule has 2 aliphatic heterocycles. The van der Waals surface area contributed by atoms with E-state index in [1.807, 2.05) is 0 Å². The van der Waals surface area contributed by atoms with E-state index in [9.17, 15) is 0 Å². The minimum absolute atomic E-state index is 0.713. The molecule has 1 aromatic carbocycles. The summed E-state index contributed by atoms with van der Waals surface area (Å²) in [6, 6.07) is 7.24. The van der Waals surface area contributed by atoms with Crippen molar-refractivity contribution in [1.82, 2.24) is 4.90 Å². The number of hydrogen-bond donors (Lipinski definition) is 0. The molecular weight excluding hydrogens is 174 g/mol. The molecule has 14 heavy (non-hydrogen) atoms. The van der Waals surface area contributed by atoms with Gasteiger partial charge in [0.1, 0.15) is 5.75 Å². The van der Waals surface area contributed by atoms with E-state index < -0.39 is 0 Å². The molecule has 0 radical (unpaired) electrons. The van der Waals surface area contributed by atoms with E-state index in [-0.39, 0.29) is 0 Å². The van der Waals surface area contributed by atoms with E-state index in [1.54, 1.807) is 7.11 Å². The summed E-state index contributed by atoms with van der Waals surface area (Å²) in [5, 5.41) is 0. The molecule has 0 aromatic heterocycles. The molecule has 2 nitrogen and oxygen atoms in total. The number of hydrogen-bond acceptors (Lipinski definition) is 2. The average molecular weight is 189 g/mol. The van der Waals surface area contributed by atoms with Gasteiger partial charge < -0.3 is 4.74 Å². The number of benzene rings is 1. The molecule has 0 aliphatic carbocycles. The van der Waals surface area contributed by atoms with Crippen molar-refractivity contribution in [3.05, 3.63) is 29.3 Å². The quantitative estimate of drug-likeness (QED) is 0.670. The maximum absolute atomic E-state index is 5.25. The van der Waals surface area contributed by atoms with Crippen LogP contribution in [-0.2, 0) is 6.42 Å². The van der Waals surface area contributed by atoms with Gasteiger partial charge in [0, 0.05) is 19.1 Å². The third-order valence-electron chi connectivity index (χ3n) is 3.51. The molecule has 2 aliphatic rings. The van der Waals surface area contributed by atoms with E-state index >= 15 is 0 Å². The van der Waals surface area contributed by atoms with Gasteiger partial charge in [-0.1, -0.05) is 6.07 Å². The first-order chi connectivity index (χ1) is 6.88. The lowest BCUT2D eigenvalue weighted by atomic mass is 9.85. The Hall–Kier alpha value is -1.02. The molecule has 1 unspecified atom stereocenters. The van der Waals surface area contributed by atoms with Gasteiger partial charge in [0.05, 0.1) is 7.11 Å². The molecular formula is C12H15NO. The third kappa shape index (κ3) is 1.07. The van der Waals surface area contributed by atoms with Gasteiger partial charge in [-0.05, 0) is 36.1 Å². The number of nitrogens with zero attached hydrogens (tertiary/aromatic N) is 1. The molecule has 0 saturated carbocycles. The van der Waals surface area contributed by atoms with Crippen molar-refractivity contribution in [2.75, 3.05) is 20.2 Å². The monoisotopic (exact) mass is 189 g/mol. The standard InChI is InChI=1S/C12H15NO/c1-14-10-2-3-11-9(8-10)4-6-13-7-5-12(11)13/h2-3,8,12H,4-7H2,1H3. The molecule has 0 N–H and O–H groups in total. The fraction of sp³-hybridized carbons (Fsp3) is 0.500. The van der Waals surface area contributed by atoms with Crippen molar-refractivity contribution in [3.8, 4) is 5.75 Å². The van der Waals surface area contributed by atoms with Gasteiger partial charge in [-0.2, -0.15) is 0 Å². The second-order valence-corrected chi connectivity index (χ2v) is 4.16. The van der Waals surface area contributed by atoms with E-state index in [2.05, 4.69) is 23.1 Å². The van der Waals surface area contributed by atoms with Crippen LogP contribution in [0.5, 0.6) is 5.75 Å². The van der Waals surface area contributed by atoms with Gasteiger partial charge in [-0.25, -0.2) is 0 Å². The normalized spacial score (nSPS) is 24.8. The molecule has 1 saturated heterocycles. The van der Waals surface area contributed by atoms with Crippen LogP contribution in [0.4, 0.5) is 0 Å². The Morgan fingerprint density at radius 1 is 1.36 bits per heavy atom. The van der Waals surface area contributed by atoms with Crippen LogP contribution in [0.25, 0.3) is 0 Å². The Balaban J connectivity index is 2.01. The largest absolute Gasteiger partial charge is 0.497 e. The van der Waals surface area contributed by atoms with Crippen molar-refractivity contribution in [2.24, 2.45) is 0 Å². The third-order valence-corrected chi connectivity index (χ3v) is 3.51. The minimum Gasteiger partial charge on any atom is -0.497 e. The summed E-state index contributed by atoms with van der Waals surface area (Å²) < 4.78 is 5.25. The van der Waals surface area contributed by atoms with Gasteiger partial charge in [0.25, 0.3) is 0 Å². The predicted octanol–water partition coefficient (Wildman–Crippen LogP) is 2.00. The molecule has 1 aromatic rings. The van der Waals surface area contributed by atoms with E-state index in [4.69, 9.17) is 4.74 Å². The highest BCUT2D eigenvalue weighted by Gasteiger charge is 2.33. The number of methoxy groups -OCH3 is 1. The Morgan fingerprint density at radius 3 is 3.00 bits per heavy atom. The molecule has 0 spiro atoms. The minimum atomic E-state index is 0.713. The van der Waals surface area contributed by atoms with E-state index in [0.717, 1.165) is 5.75 Å². The highest BCUT2D eigenvalue weighted by atomic mass is 16.5. The Kier molecular flexibility index (Phi) is 1.77. The number of rotatable bonds is 1. The fourth-order valence-corrected chi connectivity index (χ4v) is 2.58. The lowest BCUT2D eigenvalue weighted by molar-refractivity contribution is 0.0809. The second kappa shape index (κ2) is 2.99. The van der Waals surface area contributed by atoms with E-state index in [0.29, 0.717) is 6.04 Å². The first-order valence-corrected chi connectivity index (χ1v) is 5.29. The lowest BCUT2D eigenvalue weighted by Crippen LogP contribution is -2.45. The maximum atomic E-state index is 5.25. The lowest BCUT2D eigenvalue weighted by Gasteiger charge is -2.45. The summed E-state index contributed by atoms with van der Waals surface area (Å²) in [6.45, 7) is 2.51. The van der Waals surface area contributed by atoms with Crippen molar-refractivity contribution in [1.29, 1.82) is 0 Å². The highest BCUT2D eigenvalue weighted by Crippen LogP contribution is 2.39. The number of fused-ring (bicyclic) bond motifs is 3. The van der Waals surface area contributed by atoms with Crippen LogP contribution in [-0.4, -0.2) is 25.1 Å². The van der Waals surface area contributed by atoms with Gasteiger partial charge in [-0.3, -0.25) is 4.90 Å². The summed E-state index contributed by atoms with van der Waals surface area (Å²) in [7, 11) is 1.74. The first kappa shape index (κ1) is 8.30. The molecule has 74 valence electrons. The van der Waals surface area contributed by atoms with Crippen LogP contribution in [0, 0.1) is 0 Å². The SMILES string of the molecule is COc1ccc2c(c1)CCN1CCC21. The Bertz CT molecular complexity index is 361. The molecule has 0 bridgehead atoms. The smallest absolute Gasteiger partial charge is 0.119 e. The average Bonchev–Trinajstić information content (AvgIpc) is 2.17. The van der Waals surface area contributed by atoms with Crippen molar-refractivity contribution >= 4 is 0 Å². The first-order valence-electron chi connectivity index (χ1n) is 5.29. The Labute approximate surface area is 84.5 Å². The zero-order chi connectivity index (χ0) is 9.54. The maximum Gasteiger partial charge on any atom is 0.119 e. The summed E-state index contributed by atoms with van der Waals surface area (Å²) in [5.41, 5.74) is 3.02. The summed E-state index contributed by atoms with van der Waals surface area (Å²) in [4.78, 5) is 2.56. The topological polar surface area (TPSA) is 12.5 Å². The second-order valence-electron chi connectivity index (χ2n) is 4.16. The molecule has 3 rings (SSSR count). The molecule has 2 heterocycles. The highest BCUT2D eigenvalue weighted by molar-refractivity contribution is 5.40. The molecule has 1 fully saturated rings. The van der Waals surface area contributed by atoms with E-state index in [1.165, 1.54) is 37.1 Å². The zero-order valence-electron chi connectivity index (χ0n) is 8.49. The summed E-state index contributed by atoms with van der Waals surface area (Å²) >= 11 is 0. The van der Waals surface area contributed by atoms with Crippen LogP contribution in [0.1, 0.15) is 23.6 Å². The van der Waals surface area contributed by atoms with Crippen LogP contribution in [0.15, 0.2) is 18.2 Å². The summed E-state index contributed by atoms with van der Waals surface area (Å²) in [6.07, 6.45) is 2.52. The van der Waals surface area contributed by atoms with Crippen LogP contribution >= 0.6 is 0 Å². The molecule has 1 atom stereocenters. The predicted molar refractivity (Wildman–Crippen MR) is 55.6 cm³/mol. The summed E-state index contributed by atoms with van der Waals surface area (Å²) in [5.74, 6) is 0.997. The van der Waals surface area contributed by atoms with Gasteiger partial charge in [-0.15, -0.1) is 0 Å². The molecule has 2 heteroatoms. The van der Waals surface area contributed by atoms with Crippen LogP contribution in [0.3, 0.4) is 0 Å². The van der Waals surface area contributed by atoms with Crippen molar-refractivity contribution in [3.63, 3.8) is 0 Å². The Morgan fingerprint density at radius 2 is 2.29 bits per heavy atom.